The Labute approximate surface area is 158 Å². The molecule has 0 aromatic heterocycles. The number of rotatable bonds is 4. The van der Waals surface area contributed by atoms with Gasteiger partial charge in [-0.1, -0.05) is 55.7 Å². The van der Waals surface area contributed by atoms with Crippen molar-refractivity contribution in [2.45, 2.75) is 38.1 Å². The first kappa shape index (κ1) is 17.3. The molecule has 0 saturated heterocycles. The molecule has 1 aliphatic carbocycles. The molecule has 2 aromatic rings. The zero-order valence-corrected chi connectivity index (χ0v) is 15.1. The van der Waals surface area contributed by atoms with Crippen LogP contribution in [0.4, 0.5) is 5.69 Å². The third-order valence-electron chi connectivity index (χ3n) is 5.31. The Morgan fingerprint density at radius 3 is 2.44 bits per heavy atom. The predicted molar refractivity (Wildman–Crippen MR) is 107 cm³/mol. The maximum atomic E-state index is 12.8. The molecule has 0 radical (unpaired) electrons. The van der Waals surface area contributed by atoms with Crippen LogP contribution in [0, 0.1) is 0 Å². The molecule has 2 aliphatic rings. The van der Waals surface area contributed by atoms with Crippen LogP contribution in [0.25, 0.3) is 11.3 Å². The van der Waals surface area contributed by atoms with Crippen molar-refractivity contribution >= 4 is 28.8 Å². The third-order valence-corrected chi connectivity index (χ3v) is 5.31. The second kappa shape index (κ2) is 7.27. The summed E-state index contributed by atoms with van der Waals surface area (Å²) in [5, 5.41) is 6.54. The normalized spacial score (nSPS) is 18.6. The topological polar surface area (TPSA) is 84.2 Å². The maximum absolute atomic E-state index is 12.8. The van der Waals surface area contributed by atoms with E-state index in [-0.39, 0.29) is 5.91 Å². The highest BCUT2D eigenvalue weighted by molar-refractivity contribution is 6.36. The SMILES string of the molecule is NC(=O)c1ccc2c(c1)NC(=O)/C2=C(\NC1CCCCC1)c1ccccc1. The summed E-state index contributed by atoms with van der Waals surface area (Å²) in [5.41, 5.74) is 9.65. The van der Waals surface area contributed by atoms with E-state index in [0.717, 1.165) is 29.7 Å². The molecule has 2 aromatic carbocycles. The lowest BCUT2D eigenvalue weighted by molar-refractivity contribution is -0.110. The van der Waals surface area contributed by atoms with Crippen LogP contribution in [-0.4, -0.2) is 17.9 Å². The fraction of sp³-hybridized carbons (Fsp3) is 0.273. The average molecular weight is 361 g/mol. The molecule has 27 heavy (non-hydrogen) atoms. The zero-order chi connectivity index (χ0) is 18.8. The van der Waals surface area contributed by atoms with Crippen molar-refractivity contribution in [3.8, 4) is 0 Å². The van der Waals surface area contributed by atoms with Crippen molar-refractivity contribution < 1.29 is 9.59 Å². The van der Waals surface area contributed by atoms with Gasteiger partial charge in [0.2, 0.25) is 5.91 Å². The van der Waals surface area contributed by atoms with Crippen molar-refractivity contribution in [3.63, 3.8) is 0 Å². The third kappa shape index (κ3) is 3.45. The molecule has 5 heteroatoms. The molecule has 4 N–H and O–H groups in total. The van der Waals surface area contributed by atoms with Crippen molar-refractivity contribution in [2.75, 3.05) is 5.32 Å². The highest BCUT2D eigenvalue weighted by atomic mass is 16.2. The number of nitrogens with one attached hydrogen (secondary N) is 2. The molecule has 0 bridgehead atoms. The van der Waals surface area contributed by atoms with Gasteiger partial charge in [0.25, 0.3) is 5.91 Å². The standard InChI is InChI=1S/C22H23N3O2/c23-21(26)15-11-12-17-18(13-15)25-22(27)19(17)20(14-7-3-1-4-8-14)24-16-9-5-2-6-10-16/h1,3-4,7-8,11-13,16,24H,2,5-6,9-10H2,(H2,23,26)(H,25,27)/b20-19-. The summed E-state index contributed by atoms with van der Waals surface area (Å²) >= 11 is 0. The van der Waals surface area contributed by atoms with E-state index in [4.69, 9.17) is 5.73 Å². The van der Waals surface area contributed by atoms with Crippen LogP contribution in [0.5, 0.6) is 0 Å². The van der Waals surface area contributed by atoms with Crippen LogP contribution in [-0.2, 0) is 4.79 Å². The Bertz CT molecular complexity index is 912. The molecule has 2 amide bonds. The van der Waals surface area contributed by atoms with Gasteiger partial charge in [-0.2, -0.15) is 0 Å². The summed E-state index contributed by atoms with van der Waals surface area (Å²) in [4.78, 5) is 24.3. The van der Waals surface area contributed by atoms with E-state index in [1.54, 1.807) is 18.2 Å². The van der Waals surface area contributed by atoms with E-state index in [1.165, 1.54) is 19.3 Å². The molecule has 1 fully saturated rings. The van der Waals surface area contributed by atoms with Crippen LogP contribution in [0.15, 0.2) is 48.5 Å². The van der Waals surface area contributed by atoms with Crippen molar-refractivity contribution in [3.05, 3.63) is 65.2 Å². The number of anilines is 1. The van der Waals surface area contributed by atoms with Gasteiger partial charge in [-0.05, 0) is 30.5 Å². The minimum atomic E-state index is -0.506. The van der Waals surface area contributed by atoms with Gasteiger partial charge in [0, 0.05) is 22.9 Å². The zero-order valence-electron chi connectivity index (χ0n) is 15.1. The summed E-state index contributed by atoms with van der Waals surface area (Å²) in [6.45, 7) is 0. The number of carbonyl (C=O) groups is 2. The summed E-state index contributed by atoms with van der Waals surface area (Å²) in [6.07, 6.45) is 5.91. The van der Waals surface area contributed by atoms with E-state index >= 15 is 0 Å². The maximum Gasteiger partial charge on any atom is 0.258 e. The monoisotopic (exact) mass is 361 g/mol. The quantitative estimate of drug-likeness (QED) is 0.729. The van der Waals surface area contributed by atoms with E-state index < -0.39 is 5.91 Å². The first-order valence-corrected chi connectivity index (χ1v) is 9.45. The number of hydrogen-bond acceptors (Lipinski definition) is 3. The van der Waals surface area contributed by atoms with E-state index in [1.807, 2.05) is 30.3 Å². The molecular formula is C22H23N3O2. The molecule has 1 aliphatic heterocycles. The van der Waals surface area contributed by atoms with E-state index in [0.29, 0.717) is 22.9 Å². The number of nitrogens with two attached hydrogens (primary N) is 1. The summed E-state index contributed by atoms with van der Waals surface area (Å²) in [7, 11) is 0. The van der Waals surface area contributed by atoms with E-state index in [9.17, 15) is 9.59 Å². The minimum absolute atomic E-state index is 0.159. The summed E-state index contributed by atoms with van der Waals surface area (Å²) < 4.78 is 0. The smallest absolute Gasteiger partial charge is 0.258 e. The van der Waals surface area contributed by atoms with Crippen LogP contribution in [0.3, 0.4) is 0 Å². The highest BCUT2D eigenvalue weighted by Crippen LogP contribution is 2.37. The Balaban J connectivity index is 1.82. The number of amides is 2. The van der Waals surface area contributed by atoms with Gasteiger partial charge in [-0.25, -0.2) is 0 Å². The predicted octanol–water partition coefficient (Wildman–Crippen LogP) is 3.53. The Hall–Kier alpha value is -3.08. The lowest BCUT2D eigenvalue weighted by atomic mass is 9.93. The van der Waals surface area contributed by atoms with Gasteiger partial charge in [-0.15, -0.1) is 0 Å². The lowest BCUT2D eigenvalue weighted by Gasteiger charge is -2.26. The highest BCUT2D eigenvalue weighted by Gasteiger charge is 2.30. The van der Waals surface area contributed by atoms with Gasteiger partial charge in [0.05, 0.1) is 11.3 Å². The average Bonchev–Trinajstić information content (AvgIpc) is 3.02. The Kier molecular flexibility index (Phi) is 4.67. The van der Waals surface area contributed by atoms with Crippen LogP contribution >= 0.6 is 0 Å². The molecular weight excluding hydrogens is 338 g/mol. The van der Waals surface area contributed by atoms with E-state index in [2.05, 4.69) is 10.6 Å². The van der Waals surface area contributed by atoms with Gasteiger partial charge >= 0.3 is 0 Å². The van der Waals surface area contributed by atoms with Gasteiger partial charge in [0.1, 0.15) is 0 Å². The molecule has 4 rings (SSSR count). The fourth-order valence-corrected chi connectivity index (χ4v) is 3.93. The molecule has 0 unspecified atom stereocenters. The Morgan fingerprint density at radius 2 is 1.74 bits per heavy atom. The Morgan fingerprint density at radius 1 is 1.00 bits per heavy atom. The second-order valence-corrected chi connectivity index (χ2v) is 7.17. The minimum Gasteiger partial charge on any atom is -0.381 e. The molecule has 1 saturated carbocycles. The lowest BCUT2D eigenvalue weighted by Crippen LogP contribution is -2.31. The van der Waals surface area contributed by atoms with Crippen LogP contribution in [0.2, 0.25) is 0 Å². The molecule has 0 spiro atoms. The summed E-state index contributed by atoms with van der Waals surface area (Å²) in [5.74, 6) is -0.665. The molecule has 1 heterocycles. The fourth-order valence-electron chi connectivity index (χ4n) is 3.93. The van der Waals surface area contributed by atoms with Crippen molar-refractivity contribution in [1.82, 2.24) is 5.32 Å². The largest absolute Gasteiger partial charge is 0.381 e. The number of primary amides is 1. The molecule has 5 nitrogen and oxygen atoms in total. The van der Waals surface area contributed by atoms with Crippen molar-refractivity contribution in [1.29, 1.82) is 0 Å². The van der Waals surface area contributed by atoms with Gasteiger partial charge in [0.15, 0.2) is 0 Å². The number of carbonyl (C=O) groups excluding carboxylic acids is 2. The van der Waals surface area contributed by atoms with Crippen LogP contribution < -0.4 is 16.4 Å². The summed E-state index contributed by atoms with van der Waals surface area (Å²) in [6, 6.07) is 15.4. The first-order chi connectivity index (χ1) is 13.1. The first-order valence-electron chi connectivity index (χ1n) is 9.45. The number of fused-ring (bicyclic) bond motifs is 1. The van der Waals surface area contributed by atoms with Gasteiger partial charge < -0.3 is 16.4 Å². The van der Waals surface area contributed by atoms with Crippen LogP contribution in [0.1, 0.15) is 53.6 Å². The number of hydrogen-bond donors (Lipinski definition) is 3. The molecule has 0 atom stereocenters. The van der Waals surface area contributed by atoms with Crippen molar-refractivity contribution in [2.24, 2.45) is 5.73 Å². The molecule has 138 valence electrons. The number of benzene rings is 2. The second-order valence-electron chi connectivity index (χ2n) is 7.17. The van der Waals surface area contributed by atoms with Gasteiger partial charge in [-0.3, -0.25) is 9.59 Å².